The maximum absolute atomic E-state index is 13.0. The Morgan fingerprint density at radius 1 is 1.27 bits per heavy atom. The van der Waals surface area contributed by atoms with Crippen molar-refractivity contribution in [1.29, 1.82) is 0 Å². The van der Waals surface area contributed by atoms with Gasteiger partial charge < -0.3 is 19.7 Å². The minimum Gasteiger partial charge on any atom is -0.481 e. The van der Waals surface area contributed by atoms with E-state index in [0.29, 0.717) is 31.0 Å². The largest absolute Gasteiger partial charge is 0.481 e. The molecule has 1 amide bonds. The van der Waals surface area contributed by atoms with Gasteiger partial charge in [0.1, 0.15) is 11.3 Å². The highest BCUT2D eigenvalue weighted by Gasteiger charge is 2.28. The zero-order valence-electron chi connectivity index (χ0n) is 17.6. The summed E-state index contributed by atoms with van der Waals surface area (Å²) in [5.74, 6) is -0.204. The molecule has 1 fully saturated rings. The van der Waals surface area contributed by atoms with E-state index in [2.05, 4.69) is 10.4 Å². The Kier molecular flexibility index (Phi) is 6.71. The van der Waals surface area contributed by atoms with Crippen LogP contribution in [0.2, 0.25) is 0 Å². The Morgan fingerprint density at radius 3 is 2.63 bits per heavy atom. The van der Waals surface area contributed by atoms with Crippen LogP contribution < -0.4 is 10.9 Å². The molecular weight excluding hydrogens is 388 g/mol. The number of nitrogens with one attached hydrogen (secondary N) is 1. The van der Waals surface area contributed by atoms with E-state index in [1.807, 2.05) is 30.7 Å². The van der Waals surface area contributed by atoms with E-state index in [1.165, 1.54) is 0 Å². The van der Waals surface area contributed by atoms with Crippen molar-refractivity contribution in [2.75, 3.05) is 19.6 Å². The van der Waals surface area contributed by atoms with Crippen molar-refractivity contribution in [3.8, 4) is 0 Å². The fourth-order valence-corrected chi connectivity index (χ4v) is 3.93. The molecule has 9 heteroatoms. The van der Waals surface area contributed by atoms with Gasteiger partial charge in [0, 0.05) is 25.9 Å². The highest BCUT2D eigenvalue weighted by molar-refractivity contribution is 5.95. The standard InChI is InChI=1S/C19H24N4O3.C2H4O2/c1-12-8-16(14-4-3-5-20-10-14)26-19(25)17(12)18(24)22-6-7-23-15(11-22)9-13(2)21-23;1-2(3)4/h8-9,14,20H,3-7,10-11H2,1-2H3;1H3,(H,3,4). The van der Waals surface area contributed by atoms with Crippen LogP contribution in [0.25, 0.3) is 0 Å². The summed E-state index contributed by atoms with van der Waals surface area (Å²) >= 11 is 0. The van der Waals surface area contributed by atoms with Gasteiger partial charge in [-0.25, -0.2) is 4.79 Å². The summed E-state index contributed by atoms with van der Waals surface area (Å²) < 4.78 is 7.48. The van der Waals surface area contributed by atoms with Crippen LogP contribution in [0.4, 0.5) is 0 Å². The molecule has 0 saturated carbocycles. The predicted molar refractivity (Wildman–Crippen MR) is 110 cm³/mol. The average molecular weight is 416 g/mol. The SMILES string of the molecule is CC(=O)O.Cc1cc2n(n1)CCN(C(=O)c1c(C)cc(C3CCCNC3)oc1=O)C2. The Balaban J connectivity index is 0.000000589. The van der Waals surface area contributed by atoms with Gasteiger partial charge in [0.15, 0.2) is 0 Å². The zero-order chi connectivity index (χ0) is 21.8. The number of carboxylic acid groups (broad SMARTS) is 1. The number of aromatic nitrogens is 2. The fourth-order valence-electron chi connectivity index (χ4n) is 3.93. The molecule has 2 aromatic rings. The molecule has 0 bridgehead atoms. The second kappa shape index (κ2) is 9.25. The lowest BCUT2D eigenvalue weighted by Gasteiger charge is -2.28. The van der Waals surface area contributed by atoms with Crippen LogP contribution in [0.1, 0.15) is 58.8 Å². The molecule has 2 aliphatic rings. The van der Waals surface area contributed by atoms with Crippen LogP contribution in [0.3, 0.4) is 0 Å². The van der Waals surface area contributed by atoms with Gasteiger partial charge >= 0.3 is 5.63 Å². The number of carbonyl (C=O) groups excluding carboxylic acids is 1. The molecule has 2 aromatic heterocycles. The second-order valence-corrected chi connectivity index (χ2v) is 7.78. The van der Waals surface area contributed by atoms with E-state index in [1.54, 1.807) is 4.90 Å². The summed E-state index contributed by atoms with van der Waals surface area (Å²) in [5.41, 5.74) is 2.26. The molecule has 0 aliphatic carbocycles. The number of hydrogen-bond donors (Lipinski definition) is 2. The maximum atomic E-state index is 13.0. The number of fused-ring (bicyclic) bond motifs is 1. The molecule has 0 spiro atoms. The number of hydrogen-bond acceptors (Lipinski definition) is 6. The minimum absolute atomic E-state index is 0.155. The molecule has 2 aliphatic heterocycles. The summed E-state index contributed by atoms with van der Waals surface area (Å²) in [6.07, 6.45) is 2.06. The minimum atomic E-state index is -0.833. The first-order valence-electron chi connectivity index (χ1n) is 10.1. The van der Waals surface area contributed by atoms with Gasteiger partial charge in [0.2, 0.25) is 0 Å². The van der Waals surface area contributed by atoms with E-state index in [-0.39, 0.29) is 17.4 Å². The number of carboxylic acids is 1. The highest BCUT2D eigenvalue weighted by Crippen LogP contribution is 2.24. The van der Waals surface area contributed by atoms with Gasteiger partial charge in [0.05, 0.1) is 24.5 Å². The van der Waals surface area contributed by atoms with Gasteiger partial charge in [0.25, 0.3) is 11.9 Å². The molecule has 9 nitrogen and oxygen atoms in total. The summed E-state index contributed by atoms with van der Waals surface area (Å²) in [4.78, 5) is 36.3. The number of piperidine rings is 1. The Hall–Kier alpha value is -2.94. The van der Waals surface area contributed by atoms with E-state index in [9.17, 15) is 9.59 Å². The molecule has 4 rings (SSSR count). The number of aryl methyl sites for hydroxylation is 2. The molecular formula is C21H28N4O5. The van der Waals surface area contributed by atoms with E-state index in [4.69, 9.17) is 14.3 Å². The monoisotopic (exact) mass is 416 g/mol. The first-order valence-corrected chi connectivity index (χ1v) is 10.1. The molecule has 1 unspecified atom stereocenters. The second-order valence-electron chi connectivity index (χ2n) is 7.78. The van der Waals surface area contributed by atoms with Crippen LogP contribution >= 0.6 is 0 Å². The molecule has 4 heterocycles. The van der Waals surface area contributed by atoms with Crippen LogP contribution in [-0.4, -0.2) is 51.3 Å². The van der Waals surface area contributed by atoms with E-state index in [0.717, 1.165) is 44.2 Å². The summed E-state index contributed by atoms with van der Waals surface area (Å²) in [5, 5.41) is 15.2. The average Bonchev–Trinajstić information content (AvgIpc) is 3.06. The smallest absolute Gasteiger partial charge is 0.349 e. The Morgan fingerprint density at radius 2 is 2.00 bits per heavy atom. The third kappa shape index (κ3) is 4.96. The molecule has 0 radical (unpaired) electrons. The van der Waals surface area contributed by atoms with Gasteiger partial charge in [-0.2, -0.15) is 5.10 Å². The van der Waals surface area contributed by atoms with Crippen LogP contribution in [0.15, 0.2) is 21.3 Å². The van der Waals surface area contributed by atoms with Crippen molar-refractivity contribution < 1.29 is 19.1 Å². The Bertz CT molecular complexity index is 984. The van der Waals surface area contributed by atoms with E-state index >= 15 is 0 Å². The molecule has 1 atom stereocenters. The summed E-state index contributed by atoms with van der Waals surface area (Å²) in [6, 6.07) is 3.85. The molecule has 30 heavy (non-hydrogen) atoms. The lowest BCUT2D eigenvalue weighted by Crippen LogP contribution is -2.40. The van der Waals surface area contributed by atoms with Gasteiger partial charge in [-0.3, -0.25) is 14.3 Å². The van der Waals surface area contributed by atoms with Crippen LogP contribution in [0.5, 0.6) is 0 Å². The topological polar surface area (TPSA) is 118 Å². The van der Waals surface area contributed by atoms with Crippen molar-refractivity contribution in [1.82, 2.24) is 20.0 Å². The maximum Gasteiger partial charge on any atom is 0.349 e. The number of carbonyl (C=O) groups is 2. The third-order valence-electron chi connectivity index (χ3n) is 5.29. The Labute approximate surface area is 174 Å². The quantitative estimate of drug-likeness (QED) is 0.764. The first kappa shape index (κ1) is 21.8. The fraction of sp³-hybridized carbons (Fsp3) is 0.524. The molecule has 162 valence electrons. The number of aliphatic carboxylic acids is 1. The van der Waals surface area contributed by atoms with E-state index < -0.39 is 11.6 Å². The van der Waals surface area contributed by atoms with Gasteiger partial charge in [-0.15, -0.1) is 0 Å². The summed E-state index contributed by atoms with van der Waals surface area (Å²) in [6.45, 7) is 8.31. The zero-order valence-corrected chi connectivity index (χ0v) is 17.6. The summed E-state index contributed by atoms with van der Waals surface area (Å²) in [7, 11) is 0. The van der Waals surface area contributed by atoms with Gasteiger partial charge in [-0.05, 0) is 50.9 Å². The van der Waals surface area contributed by atoms with Crippen molar-refractivity contribution in [2.45, 2.75) is 52.6 Å². The van der Waals surface area contributed by atoms with Crippen molar-refractivity contribution in [3.05, 3.63) is 50.8 Å². The van der Waals surface area contributed by atoms with Crippen LogP contribution in [-0.2, 0) is 17.9 Å². The highest BCUT2D eigenvalue weighted by atomic mass is 16.4. The van der Waals surface area contributed by atoms with Crippen molar-refractivity contribution >= 4 is 11.9 Å². The third-order valence-corrected chi connectivity index (χ3v) is 5.29. The normalized spacial score (nSPS) is 18.2. The van der Waals surface area contributed by atoms with Crippen LogP contribution in [0, 0.1) is 13.8 Å². The number of rotatable bonds is 2. The molecule has 0 aromatic carbocycles. The van der Waals surface area contributed by atoms with Gasteiger partial charge in [-0.1, -0.05) is 0 Å². The lowest BCUT2D eigenvalue weighted by molar-refractivity contribution is -0.134. The number of amides is 1. The predicted octanol–water partition coefficient (Wildman–Crippen LogP) is 1.67. The molecule has 2 N–H and O–H groups in total. The first-order chi connectivity index (χ1) is 14.3. The van der Waals surface area contributed by atoms with Crippen molar-refractivity contribution in [3.63, 3.8) is 0 Å². The number of nitrogens with zero attached hydrogens (tertiary/aromatic N) is 3. The lowest BCUT2D eigenvalue weighted by atomic mass is 9.95. The van der Waals surface area contributed by atoms with Crippen molar-refractivity contribution in [2.24, 2.45) is 0 Å². The molecule has 1 saturated heterocycles.